The van der Waals surface area contributed by atoms with E-state index in [1.165, 1.54) is 32.1 Å². The Bertz CT molecular complexity index is 251. The van der Waals surface area contributed by atoms with Crippen LogP contribution in [-0.2, 0) is 4.79 Å². The normalized spacial score (nSPS) is 47.3. The smallest absolute Gasteiger partial charge is 0.139 e. The molecule has 2 saturated carbocycles. The van der Waals surface area contributed by atoms with Crippen LogP contribution in [0.3, 0.4) is 0 Å². The van der Waals surface area contributed by atoms with Gasteiger partial charge in [-0.15, -0.1) is 0 Å². The van der Waals surface area contributed by atoms with Crippen molar-refractivity contribution in [2.24, 2.45) is 17.8 Å². The van der Waals surface area contributed by atoms with E-state index in [0.29, 0.717) is 17.7 Å². The Morgan fingerprint density at radius 2 is 1.86 bits per heavy atom. The maximum Gasteiger partial charge on any atom is 0.139 e. The van der Waals surface area contributed by atoms with Crippen LogP contribution in [0.25, 0.3) is 0 Å². The van der Waals surface area contributed by atoms with E-state index in [2.05, 4.69) is 5.32 Å². The molecule has 1 aliphatic heterocycles. The summed E-state index contributed by atoms with van der Waals surface area (Å²) >= 11 is 0. The van der Waals surface area contributed by atoms with Gasteiger partial charge < -0.3 is 5.32 Å². The third-order valence-electron chi connectivity index (χ3n) is 4.56. The van der Waals surface area contributed by atoms with Gasteiger partial charge in [0.05, 0.1) is 0 Å². The summed E-state index contributed by atoms with van der Waals surface area (Å²) in [4.78, 5) is 11.8. The summed E-state index contributed by atoms with van der Waals surface area (Å²) in [6.45, 7) is 0.934. The van der Waals surface area contributed by atoms with Crippen molar-refractivity contribution >= 4 is 5.78 Å². The molecule has 4 atom stereocenters. The minimum absolute atomic E-state index is 0.409. The third-order valence-corrected chi connectivity index (χ3v) is 4.56. The van der Waals surface area contributed by atoms with E-state index in [9.17, 15) is 4.79 Å². The summed E-state index contributed by atoms with van der Waals surface area (Å²) in [6, 6.07) is 0.569. The monoisotopic (exact) mass is 193 g/mol. The van der Waals surface area contributed by atoms with Gasteiger partial charge in [-0.1, -0.05) is 19.3 Å². The molecule has 1 saturated heterocycles. The number of piperidine rings is 1. The largest absolute Gasteiger partial charge is 0.313 e. The van der Waals surface area contributed by atoms with E-state index in [1.807, 2.05) is 0 Å². The molecule has 1 heterocycles. The fourth-order valence-corrected chi connectivity index (χ4v) is 3.89. The van der Waals surface area contributed by atoms with Crippen LogP contribution in [0.5, 0.6) is 0 Å². The predicted octanol–water partition coefficient (Wildman–Crippen LogP) is 1.74. The third kappa shape index (κ3) is 1.16. The molecule has 78 valence electrons. The topological polar surface area (TPSA) is 29.1 Å². The number of hydrogen-bond acceptors (Lipinski definition) is 2. The molecule has 4 unspecified atom stereocenters. The molecule has 0 aromatic rings. The van der Waals surface area contributed by atoms with Crippen molar-refractivity contribution < 1.29 is 4.79 Å². The zero-order valence-corrected chi connectivity index (χ0v) is 8.67. The minimum Gasteiger partial charge on any atom is -0.313 e. The highest BCUT2D eigenvalue weighted by Crippen LogP contribution is 2.50. The molecule has 2 nitrogen and oxygen atoms in total. The second-order valence-corrected chi connectivity index (χ2v) is 5.19. The summed E-state index contributed by atoms with van der Waals surface area (Å²) in [5.74, 6) is 2.55. The Hall–Kier alpha value is -0.370. The average Bonchev–Trinajstić information content (AvgIpc) is 2.36. The Morgan fingerprint density at radius 3 is 2.71 bits per heavy atom. The van der Waals surface area contributed by atoms with Gasteiger partial charge in [-0.05, 0) is 24.7 Å². The van der Waals surface area contributed by atoms with Crippen molar-refractivity contribution in [1.29, 1.82) is 0 Å². The number of fused-ring (bicyclic) bond motifs is 4. The first-order chi connectivity index (χ1) is 6.88. The van der Waals surface area contributed by atoms with E-state index in [4.69, 9.17) is 0 Å². The van der Waals surface area contributed by atoms with Crippen molar-refractivity contribution in [1.82, 2.24) is 5.32 Å². The van der Waals surface area contributed by atoms with Gasteiger partial charge >= 0.3 is 0 Å². The van der Waals surface area contributed by atoms with Gasteiger partial charge in [-0.3, -0.25) is 4.79 Å². The summed E-state index contributed by atoms with van der Waals surface area (Å²) in [5.41, 5.74) is 0. The fraction of sp³-hybridized carbons (Fsp3) is 0.917. The maximum atomic E-state index is 11.8. The van der Waals surface area contributed by atoms with Crippen molar-refractivity contribution in [2.75, 3.05) is 6.54 Å². The second kappa shape index (κ2) is 3.34. The van der Waals surface area contributed by atoms with Crippen LogP contribution in [0.4, 0.5) is 0 Å². The van der Waals surface area contributed by atoms with Gasteiger partial charge in [0.2, 0.25) is 0 Å². The highest BCUT2D eigenvalue weighted by atomic mass is 16.1. The molecule has 0 amide bonds. The number of carbonyl (C=O) groups is 1. The van der Waals surface area contributed by atoms with E-state index in [0.717, 1.165) is 24.8 Å². The molecule has 3 rings (SSSR count). The van der Waals surface area contributed by atoms with Crippen molar-refractivity contribution in [2.45, 2.75) is 44.6 Å². The Balaban J connectivity index is 1.78. The Kier molecular flexibility index (Phi) is 2.12. The summed E-state index contributed by atoms with van der Waals surface area (Å²) < 4.78 is 0. The minimum atomic E-state index is 0.409. The molecule has 2 heteroatoms. The molecule has 0 bridgehead atoms. The van der Waals surface area contributed by atoms with Gasteiger partial charge in [0.25, 0.3) is 0 Å². The fourth-order valence-electron chi connectivity index (χ4n) is 3.89. The summed E-state index contributed by atoms with van der Waals surface area (Å²) in [6.07, 6.45) is 7.61. The number of rotatable bonds is 0. The molecular formula is C12H19NO. The van der Waals surface area contributed by atoms with Gasteiger partial charge in [-0.25, -0.2) is 0 Å². The molecule has 0 aromatic carbocycles. The molecule has 3 aliphatic rings. The summed E-state index contributed by atoms with van der Waals surface area (Å²) in [5, 5.41) is 3.56. The molecule has 0 radical (unpaired) electrons. The number of nitrogens with one attached hydrogen (secondary N) is 1. The highest BCUT2D eigenvalue weighted by molar-refractivity contribution is 5.84. The van der Waals surface area contributed by atoms with Gasteiger partial charge in [-0.2, -0.15) is 0 Å². The first-order valence-electron chi connectivity index (χ1n) is 6.14. The van der Waals surface area contributed by atoms with Gasteiger partial charge in [0, 0.05) is 24.9 Å². The lowest BCUT2D eigenvalue weighted by Crippen LogP contribution is -2.64. The number of Topliss-reactive ketones (excluding diaryl/α,β-unsaturated/α-hetero) is 1. The van der Waals surface area contributed by atoms with E-state index in [1.54, 1.807) is 0 Å². The maximum absolute atomic E-state index is 11.8. The van der Waals surface area contributed by atoms with E-state index < -0.39 is 0 Å². The average molecular weight is 193 g/mol. The summed E-state index contributed by atoms with van der Waals surface area (Å²) in [7, 11) is 0. The SMILES string of the molecule is O=C1CCNC2C3CCCCCC3C12. The van der Waals surface area contributed by atoms with Gasteiger partial charge in [0.1, 0.15) is 5.78 Å². The number of ketones is 1. The van der Waals surface area contributed by atoms with Crippen LogP contribution in [-0.4, -0.2) is 18.4 Å². The van der Waals surface area contributed by atoms with Gasteiger partial charge in [0.15, 0.2) is 0 Å². The number of hydrogen-bond donors (Lipinski definition) is 1. The highest BCUT2D eigenvalue weighted by Gasteiger charge is 2.53. The lowest BCUT2D eigenvalue weighted by molar-refractivity contribution is -0.138. The zero-order chi connectivity index (χ0) is 9.54. The standard InChI is InChI=1S/C12H19NO/c14-10-6-7-13-12-9-5-3-1-2-4-8(9)11(10)12/h8-9,11-13H,1-7H2. The Morgan fingerprint density at radius 1 is 1.07 bits per heavy atom. The molecular weight excluding hydrogens is 174 g/mol. The van der Waals surface area contributed by atoms with Crippen molar-refractivity contribution in [3.63, 3.8) is 0 Å². The molecule has 1 N–H and O–H groups in total. The van der Waals surface area contributed by atoms with Crippen LogP contribution in [0, 0.1) is 17.8 Å². The second-order valence-electron chi connectivity index (χ2n) is 5.19. The molecule has 2 aliphatic carbocycles. The quantitative estimate of drug-likeness (QED) is 0.635. The van der Waals surface area contributed by atoms with Crippen LogP contribution in [0.1, 0.15) is 38.5 Å². The van der Waals surface area contributed by atoms with Crippen molar-refractivity contribution in [3.8, 4) is 0 Å². The van der Waals surface area contributed by atoms with Crippen LogP contribution in [0.2, 0.25) is 0 Å². The molecule has 0 spiro atoms. The predicted molar refractivity (Wildman–Crippen MR) is 55.0 cm³/mol. The zero-order valence-electron chi connectivity index (χ0n) is 8.67. The molecule has 14 heavy (non-hydrogen) atoms. The van der Waals surface area contributed by atoms with Crippen LogP contribution >= 0.6 is 0 Å². The van der Waals surface area contributed by atoms with Crippen LogP contribution in [0.15, 0.2) is 0 Å². The first kappa shape index (κ1) is 8.90. The molecule has 3 fully saturated rings. The lowest BCUT2D eigenvalue weighted by atomic mass is 9.56. The van der Waals surface area contributed by atoms with Crippen LogP contribution < -0.4 is 5.32 Å². The first-order valence-corrected chi connectivity index (χ1v) is 6.14. The molecule has 0 aromatic heterocycles. The van der Waals surface area contributed by atoms with E-state index in [-0.39, 0.29) is 0 Å². The van der Waals surface area contributed by atoms with Crippen molar-refractivity contribution in [3.05, 3.63) is 0 Å². The lowest BCUT2D eigenvalue weighted by Gasteiger charge is -2.53. The number of carbonyl (C=O) groups excluding carboxylic acids is 1. The Labute approximate surface area is 85.4 Å². The van der Waals surface area contributed by atoms with E-state index >= 15 is 0 Å².